The third-order valence-electron chi connectivity index (χ3n) is 3.19. The van der Waals surface area contributed by atoms with Crippen LogP contribution < -0.4 is 5.32 Å². The van der Waals surface area contributed by atoms with E-state index in [-0.39, 0.29) is 11.7 Å². The molecular weight excluding hydrogens is 334 g/mol. The Morgan fingerprint density at radius 3 is 2.81 bits per heavy atom. The Labute approximate surface area is 130 Å². The first-order valence-electron chi connectivity index (χ1n) is 6.58. The number of nitrogens with zero attached hydrogens (tertiary/aromatic N) is 2. The number of rotatable bonds is 3. The summed E-state index contributed by atoms with van der Waals surface area (Å²) in [5, 5.41) is 2.80. The van der Waals surface area contributed by atoms with Crippen molar-refractivity contribution in [1.29, 1.82) is 0 Å². The molecule has 0 aliphatic heterocycles. The van der Waals surface area contributed by atoms with Gasteiger partial charge in [0.05, 0.1) is 17.4 Å². The van der Waals surface area contributed by atoms with Crippen LogP contribution in [0.2, 0.25) is 0 Å². The van der Waals surface area contributed by atoms with Crippen molar-refractivity contribution < 1.29 is 9.21 Å². The maximum Gasteiger partial charge on any atom is 0.291 e. The van der Waals surface area contributed by atoms with Crippen molar-refractivity contribution in [3.63, 3.8) is 0 Å². The quantitative estimate of drug-likeness (QED) is 0.771. The number of furan rings is 1. The fourth-order valence-corrected chi connectivity index (χ4v) is 2.46. The highest BCUT2D eigenvalue weighted by atomic mass is 79.9. The van der Waals surface area contributed by atoms with Crippen molar-refractivity contribution in [2.45, 2.75) is 19.9 Å². The Morgan fingerprint density at radius 1 is 1.33 bits per heavy atom. The monoisotopic (exact) mass is 347 g/mol. The lowest BCUT2D eigenvalue weighted by Gasteiger charge is -2.08. The second kappa shape index (κ2) is 5.37. The summed E-state index contributed by atoms with van der Waals surface area (Å²) in [7, 11) is 0. The minimum Gasteiger partial charge on any atom is -0.444 e. The molecule has 3 rings (SSSR count). The molecule has 0 unspecified atom stereocenters. The van der Waals surface area contributed by atoms with Gasteiger partial charge in [0, 0.05) is 11.7 Å². The van der Waals surface area contributed by atoms with E-state index < -0.39 is 0 Å². The van der Waals surface area contributed by atoms with Gasteiger partial charge in [-0.25, -0.2) is 4.98 Å². The predicted molar refractivity (Wildman–Crippen MR) is 84.5 cm³/mol. The van der Waals surface area contributed by atoms with E-state index in [2.05, 4.69) is 44.6 Å². The van der Waals surface area contributed by atoms with Gasteiger partial charge in [-0.1, -0.05) is 0 Å². The highest BCUT2D eigenvalue weighted by molar-refractivity contribution is 9.10. The van der Waals surface area contributed by atoms with Gasteiger partial charge in [0.25, 0.3) is 5.91 Å². The van der Waals surface area contributed by atoms with Crippen molar-refractivity contribution in [2.24, 2.45) is 0 Å². The van der Waals surface area contributed by atoms with Gasteiger partial charge in [-0.2, -0.15) is 0 Å². The molecule has 0 radical (unpaired) electrons. The molecule has 1 N–H and O–H groups in total. The molecule has 2 heterocycles. The fraction of sp³-hybridized carbons (Fsp3) is 0.200. The van der Waals surface area contributed by atoms with Gasteiger partial charge in [0.2, 0.25) is 0 Å². The van der Waals surface area contributed by atoms with Gasteiger partial charge in [-0.15, -0.1) is 0 Å². The third kappa shape index (κ3) is 2.71. The number of nitrogens with one attached hydrogen (secondary N) is 1. The average molecular weight is 348 g/mol. The highest BCUT2D eigenvalue weighted by Gasteiger charge is 2.12. The molecule has 0 saturated heterocycles. The van der Waals surface area contributed by atoms with E-state index in [0.29, 0.717) is 16.4 Å². The number of carbonyl (C=O) groups is 1. The molecule has 5 nitrogen and oxygen atoms in total. The van der Waals surface area contributed by atoms with Gasteiger partial charge in [-0.3, -0.25) is 4.79 Å². The zero-order chi connectivity index (χ0) is 15.0. The number of carbonyl (C=O) groups excluding carboxylic acids is 1. The first kappa shape index (κ1) is 13.9. The van der Waals surface area contributed by atoms with Crippen LogP contribution in [0.15, 0.2) is 45.7 Å². The molecule has 0 atom stereocenters. The first-order chi connectivity index (χ1) is 10.0. The standard InChI is InChI=1S/C15H14BrN3O2/c1-9(2)19-8-17-11-7-10(3-4-12(11)19)18-15(20)13-5-6-14(16)21-13/h3-9H,1-2H3,(H,18,20). The average Bonchev–Trinajstić information content (AvgIpc) is 3.04. The summed E-state index contributed by atoms with van der Waals surface area (Å²) in [5.41, 5.74) is 2.58. The largest absolute Gasteiger partial charge is 0.444 e. The molecule has 0 spiro atoms. The number of halogens is 1. The maximum atomic E-state index is 12.0. The second-order valence-corrected chi connectivity index (χ2v) is 5.79. The highest BCUT2D eigenvalue weighted by Crippen LogP contribution is 2.22. The normalized spacial score (nSPS) is 11.2. The summed E-state index contributed by atoms with van der Waals surface area (Å²) in [6, 6.07) is 9.31. The molecule has 0 saturated carbocycles. The Morgan fingerprint density at radius 2 is 2.14 bits per heavy atom. The number of imidazole rings is 1. The summed E-state index contributed by atoms with van der Waals surface area (Å²) in [4.78, 5) is 16.4. The van der Waals surface area contributed by atoms with Crippen LogP contribution in [0.3, 0.4) is 0 Å². The minimum atomic E-state index is -0.289. The van der Waals surface area contributed by atoms with Gasteiger partial charge < -0.3 is 14.3 Å². The lowest BCUT2D eigenvalue weighted by Crippen LogP contribution is -2.10. The lowest BCUT2D eigenvalue weighted by atomic mass is 10.2. The SMILES string of the molecule is CC(C)n1cnc2cc(NC(=O)c3ccc(Br)o3)ccc21. The number of amides is 1. The number of anilines is 1. The van der Waals surface area contributed by atoms with Gasteiger partial charge in [0.1, 0.15) is 0 Å². The molecule has 2 aromatic heterocycles. The van der Waals surface area contributed by atoms with Crippen LogP contribution in [-0.4, -0.2) is 15.5 Å². The van der Waals surface area contributed by atoms with Crippen molar-refractivity contribution in [2.75, 3.05) is 5.32 Å². The van der Waals surface area contributed by atoms with E-state index in [0.717, 1.165) is 11.0 Å². The summed E-state index contributed by atoms with van der Waals surface area (Å²) in [6.45, 7) is 4.21. The molecule has 1 amide bonds. The number of aromatic nitrogens is 2. The molecule has 108 valence electrons. The third-order valence-corrected chi connectivity index (χ3v) is 3.61. The predicted octanol–water partition coefficient (Wildman–Crippen LogP) is 4.23. The lowest BCUT2D eigenvalue weighted by molar-refractivity contribution is 0.0995. The Balaban J connectivity index is 1.86. The van der Waals surface area contributed by atoms with Crippen LogP contribution in [0.5, 0.6) is 0 Å². The van der Waals surface area contributed by atoms with Crippen LogP contribution in [-0.2, 0) is 0 Å². The fourth-order valence-electron chi connectivity index (χ4n) is 2.15. The van der Waals surface area contributed by atoms with E-state index in [1.165, 1.54) is 0 Å². The number of hydrogen-bond donors (Lipinski definition) is 1. The van der Waals surface area contributed by atoms with Crippen molar-refractivity contribution in [3.05, 3.63) is 47.1 Å². The second-order valence-electron chi connectivity index (χ2n) is 5.01. The molecule has 0 aliphatic carbocycles. The summed E-state index contributed by atoms with van der Waals surface area (Å²) in [5.74, 6) is -0.0296. The van der Waals surface area contributed by atoms with Gasteiger partial charge in [-0.05, 0) is 60.1 Å². The number of fused-ring (bicyclic) bond motifs is 1. The van der Waals surface area contributed by atoms with Gasteiger partial charge in [0.15, 0.2) is 10.4 Å². The molecule has 21 heavy (non-hydrogen) atoms. The number of benzene rings is 1. The summed E-state index contributed by atoms with van der Waals surface area (Å²) >= 11 is 3.18. The van der Waals surface area contributed by atoms with E-state index in [1.807, 2.05) is 24.5 Å². The number of hydrogen-bond acceptors (Lipinski definition) is 3. The maximum absolute atomic E-state index is 12.0. The molecule has 0 bridgehead atoms. The van der Waals surface area contributed by atoms with Crippen LogP contribution in [0, 0.1) is 0 Å². The van der Waals surface area contributed by atoms with E-state index in [4.69, 9.17) is 4.42 Å². The zero-order valence-corrected chi connectivity index (χ0v) is 13.2. The first-order valence-corrected chi connectivity index (χ1v) is 7.37. The van der Waals surface area contributed by atoms with Crippen molar-refractivity contribution >= 4 is 38.6 Å². The summed E-state index contributed by atoms with van der Waals surface area (Å²) in [6.07, 6.45) is 1.81. The topological polar surface area (TPSA) is 60.1 Å². The van der Waals surface area contributed by atoms with Crippen LogP contribution in [0.25, 0.3) is 11.0 Å². The van der Waals surface area contributed by atoms with Gasteiger partial charge >= 0.3 is 0 Å². The van der Waals surface area contributed by atoms with E-state index in [1.54, 1.807) is 12.1 Å². The summed E-state index contributed by atoms with van der Waals surface area (Å²) < 4.78 is 7.84. The molecule has 1 aromatic carbocycles. The van der Waals surface area contributed by atoms with Crippen molar-refractivity contribution in [3.8, 4) is 0 Å². The molecule has 0 fully saturated rings. The van der Waals surface area contributed by atoms with Crippen LogP contribution in [0.1, 0.15) is 30.4 Å². The zero-order valence-electron chi connectivity index (χ0n) is 11.6. The van der Waals surface area contributed by atoms with Crippen molar-refractivity contribution in [1.82, 2.24) is 9.55 Å². The molecule has 6 heteroatoms. The Bertz CT molecular complexity index is 804. The minimum absolute atomic E-state index is 0.259. The van der Waals surface area contributed by atoms with E-state index >= 15 is 0 Å². The molecular formula is C15H14BrN3O2. The van der Waals surface area contributed by atoms with Crippen LogP contribution >= 0.6 is 15.9 Å². The smallest absolute Gasteiger partial charge is 0.291 e. The Kier molecular flexibility index (Phi) is 3.55. The van der Waals surface area contributed by atoms with Crippen LogP contribution in [0.4, 0.5) is 5.69 Å². The molecule has 0 aliphatic rings. The van der Waals surface area contributed by atoms with E-state index in [9.17, 15) is 4.79 Å². The Hall–Kier alpha value is -2.08. The molecule has 3 aromatic rings.